The van der Waals surface area contributed by atoms with E-state index in [1.807, 2.05) is 6.07 Å². The first-order valence-electron chi connectivity index (χ1n) is 6.37. The Hall–Kier alpha value is -2.34. The summed E-state index contributed by atoms with van der Waals surface area (Å²) < 4.78 is 4.52. The minimum Gasteiger partial charge on any atom is -0.469 e. The maximum Gasteiger partial charge on any atom is 0.311 e. The molecule has 0 aromatic carbocycles. The lowest BCUT2D eigenvalue weighted by Crippen LogP contribution is -2.29. The largest absolute Gasteiger partial charge is 0.469 e. The molecule has 9 heteroatoms. The molecule has 118 valence electrons. The molecule has 22 heavy (non-hydrogen) atoms. The van der Waals surface area contributed by atoms with Gasteiger partial charge in [-0.3, -0.25) is 14.4 Å². The Morgan fingerprint density at radius 1 is 1.55 bits per heavy atom. The van der Waals surface area contributed by atoms with Crippen LogP contribution in [0.1, 0.15) is 12.1 Å². The van der Waals surface area contributed by atoms with Gasteiger partial charge in [0.25, 0.3) is 5.56 Å². The van der Waals surface area contributed by atoms with Crippen LogP contribution in [0, 0.1) is 11.3 Å². The Bertz CT molecular complexity index is 638. The van der Waals surface area contributed by atoms with Gasteiger partial charge in [-0.2, -0.15) is 5.26 Å². The average Bonchev–Trinajstić information content (AvgIpc) is 2.49. The normalized spacial score (nSPS) is 9.86. The van der Waals surface area contributed by atoms with Gasteiger partial charge in [0, 0.05) is 19.7 Å². The molecule has 0 aliphatic heterocycles. The van der Waals surface area contributed by atoms with E-state index in [2.05, 4.69) is 14.7 Å². The standard InChI is InChI=1S/C13H16N4O4S/c1-17(5-3-4-14)11(19)8-22-13-15-9(6-10(18)16-13)7-12(20)21-2/h6H,3,5,7-8H2,1-2H3,(H,15,16,18). The van der Waals surface area contributed by atoms with Crippen molar-refractivity contribution in [2.75, 3.05) is 26.5 Å². The van der Waals surface area contributed by atoms with Crippen LogP contribution in [-0.2, 0) is 20.7 Å². The van der Waals surface area contributed by atoms with Crippen LogP contribution in [0.25, 0.3) is 0 Å². The third kappa shape index (κ3) is 5.97. The Morgan fingerprint density at radius 3 is 2.91 bits per heavy atom. The quantitative estimate of drug-likeness (QED) is 0.424. The summed E-state index contributed by atoms with van der Waals surface area (Å²) in [6.45, 7) is 0.349. The number of esters is 1. The molecule has 0 aliphatic rings. The van der Waals surface area contributed by atoms with Gasteiger partial charge in [-0.15, -0.1) is 0 Å². The first kappa shape index (κ1) is 17.7. The molecule has 0 bridgehead atoms. The number of nitrogens with one attached hydrogen (secondary N) is 1. The van der Waals surface area contributed by atoms with Gasteiger partial charge in [0.1, 0.15) is 0 Å². The number of aromatic nitrogens is 2. The number of carbonyl (C=O) groups excluding carboxylic acids is 2. The zero-order valence-corrected chi connectivity index (χ0v) is 13.1. The van der Waals surface area contributed by atoms with E-state index in [-0.39, 0.29) is 35.4 Å². The summed E-state index contributed by atoms with van der Waals surface area (Å²) in [4.78, 5) is 42.6. The van der Waals surface area contributed by atoms with Crippen molar-refractivity contribution in [1.82, 2.24) is 14.9 Å². The van der Waals surface area contributed by atoms with Crippen molar-refractivity contribution >= 4 is 23.6 Å². The number of rotatable bonds is 7. The zero-order valence-electron chi connectivity index (χ0n) is 12.3. The number of nitrogens with zero attached hydrogens (tertiary/aromatic N) is 3. The lowest BCUT2D eigenvalue weighted by atomic mass is 10.3. The highest BCUT2D eigenvalue weighted by Crippen LogP contribution is 2.12. The predicted octanol–water partition coefficient (Wildman–Crippen LogP) is -0.0504. The number of methoxy groups -OCH3 is 1. The number of hydrogen-bond acceptors (Lipinski definition) is 7. The second-order valence-corrected chi connectivity index (χ2v) is 5.27. The molecule has 0 atom stereocenters. The first-order valence-corrected chi connectivity index (χ1v) is 7.35. The fourth-order valence-corrected chi connectivity index (χ4v) is 2.28. The van der Waals surface area contributed by atoms with Gasteiger partial charge in [0.05, 0.1) is 37.5 Å². The second kappa shape index (κ2) is 8.84. The Kier molecular flexibility index (Phi) is 7.12. The molecule has 0 fully saturated rings. The monoisotopic (exact) mass is 324 g/mol. The van der Waals surface area contributed by atoms with Gasteiger partial charge in [-0.05, 0) is 0 Å². The minimum atomic E-state index is -0.499. The van der Waals surface area contributed by atoms with Gasteiger partial charge in [-0.1, -0.05) is 11.8 Å². The number of amides is 1. The highest BCUT2D eigenvalue weighted by molar-refractivity contribution is 7.99. The highest BCUT2D eigenvalue weighted by atomic mass is 32.2. The summed E-state index contributed by atoms with van der Waals surface area (Å²) in [5, 5.41) is 8.74. The van der Waals surface area contributed by atoms with Crippen molar-refractivity contribution < 1.29 is 14.3 Å². The van der Waals surface area contributed by atoms with Crippen molar-refractivity contribution in [3.63, 3.8) is 0 Å². The van der Waals surface area contributed by atoms with E-state index in [9.17, 15) is 14.4 Å². The molecule has 0 spiro atoms. The molecule has 1 aromatic heterocycles. The Balaban J connectivity index is 2.66. The molecule has 0 radical (unpaired) electrons. The Morgan fingerprint density at radius 2 is 2.27 bits per heavy atom. The second-order valence-electron chi connectivity index (χ2n) is 4.31. The lowest BCUT2D eigenvalue weighted by Gasteiger charge is -2.14. The molecule has 1 aromatic rings. The molecule has 8 nitrogen and oxygen atoms in total. The van der Waals surface area contributed by atoms with Crippen molar-refractivity contribution in [2.24, 2.45) is 0 Å². The maximum atomic E-state index is 11.8. The van der Waals surface area contributed by atoms with Crippen molar-refractivity contribution in [3.8, 4) is 6.07 Å². The maximum absolute atomic E-state index is 11.8. The molecular formula is C13H16N4O4S. The molecule has 1 amide bonds. The van der Waals surface area contributed by atoms with Crippen LogP contribution in [0.5, 0.6) is 0 Å². The van der Waals surface area contributed by atoms with E-state index in [0.717, 1.165) is 11.8 Å². The summed E-state index contributed by atoms with van der Waals surface area (Å²) in [7, 11) is 2.85. The van der Waals surface area contributed by atoms with Gasteiger partial charge in [0.2, 0.25) is 5.91 Å². The summed E-state index contributed by atoms with van der Waals surface area (Å²) in [6, 6.07) is 3.17. The molecular weight excluding hydrogens is 308 g/mol. The molecule has 0 unspecified atom stereocenters. The SMILES string of the molecule is COC(=O)Cc1cc(=O)[nH]c(SCC(=O)N(C)CCC#N)n1. The minimum absolute atomic E-state index is 0.0759. The summed E-state index contributed by atoms with van der Waals surface area (Å²) >= 11 is 1.06. The molecule has 0 saturated carbocycles. The van der Waals surface area contributed by atoms with Gasteiger partial charge >= 0.3 is 5.97 Å². The van der Waals surface area contributed by atoms with E-state index in [1.54, 1.807) is 7.05 Å². The smallest absolute Gasteiger partial charge is 0.311 e. The zero-order chi connectivity index (χ0) is 16.5. The van der Waals surface area contributed by atoms with Crippen LogP contribution in [0.2, 0.25) is 0 Å². The van der Waals surface area contributed by atoms with Crippen LogP contribution < -0.4 is 5.56 Å². The fourth-order valence-electron chi connectivity index (χ4n) is 1.45. The predicted molar refractivity (Wildman–Crippen MR) is 79.2 cm³/mol. The molecule has 1 N–H and O–H groups in total. The van der Waals surface area contributed by atoms with Crippen LogP contribution in [0.4, 0.5) is 0 Å². The number of ether oxygens (including phenoxy) is 1. The number of hydrogen-bond donors (Lipinski definition) is 1. The van der Waals surface area contributed by atoms with E-state index in [0.29, 0.717) is 6.54 Å². The third-order valence-corrected chi connectivity index (χ3v) is 3.50. The molecule has 0 saturated heterocycles. The van der Waals surface area contributed by atoms with E-state index < -0.39 is 11.5 Å². The van der Waals surface area contributed by atoms with Gasteiger partial charge in [0.15, 0.2) is 5.16 Å². The molecule has 0 aliphatic carbocycles. The van der Waals surface area contributed by atoms with Crippen molar-refractivity contribution in [3.05, 3.63) is 22.1 Å². The molecule has 1 heterocycles. The van der Waals surface area contributed by atoms with Crippen molar-refractivity contribution in [2.45, 2.75) is 18.0 Å². The third-order valence-electron chi connectivity index (χ3n) is 2.64. The summed E-state index contributed by atoms with van der Waals surface area (Å²) in [5.74, 6) is -0.602. The summed E-state index contributed by atoms with van der Waals surface area (Å²) in [5.41, 5.74) is -0.120. The topological polar surface area (TPSA) is 116 Å². The first-order chi connectivity index (χ1) is 10.5. The number of carbonyl (C=O) groups is 2. The number of thioether (sulfide) groups is 1. The van der Waals surface area contributed by atoms with Crippen LogP contribution >= 0.6 is 11.8 Å². The van der Waals surface area contributed by atoms with E-state index in [1.165, 1.54) is 18.1 Å². The average molecular weight is 324 g/mol. The number of H-pyrrole nitrogens is 1. The van der Waals surface area contributed by atoms with E-state index >= 15 is 0 Å². The van der Waals surface area contributed by atoms with Gasteiger partial charge in [-0.25, -0.2) is 4.98 Å². The Labute approximate surface area is 131 Å². The lowest BCUT2D eigenvalue weighted by molar-refractivity contribution is -0.139. The van der Waals surface area contributed by atoms with Crippen LogP contribution in [0.3, 0.4) is 0 Å². The number of aromatic amines is 1. The van der Waals surface area contributed by atoms with E-state index in [4.69, 9.17) is 5.26 Å². The fraction of sp³-hybridized carbons (Fsp3) is 0.462. The summed E-state index contributed by atoms with van der Waals surface area (Å²) in [6.07, 6.45) is 0.153. The molecule has 1 rings (SSSR count). The highest BCUT2D eigenvalue weighted by Gasteiger charge is 2.12. The van der Waals surface area contributed by atoms with Gasteiger partial charge < -0.3 is 14.6 Å². The van der Waals surface area contributed by atoms with Crippen LogP contribution in [0.15, 0.2) is 16.0 Å². The van der Waals surface area contributed by atoms with Crippen molar-refractivity contribution in [1.29, 1.82) is 5.26 Å². The van der Waals surface area contributed by atoms with Crippen LogP contribution in [-0.4, -0.2) is 53.2 Å². The number of nitriles is 1.